The Hall–Kier alpha value is -0.790. The summed E-state index contributed by atoms with van der Waals surface area (Å²) in [6, 6.07) is -0.684. The van der Waals surface area contributed by atoms with E-state index in [2.05, 4.69) is 34.5 Å². The molecule has 0 fully saturated rings. The smallest absolute Gasteiger partial charge is 0.408 e. The maximum absolute atomic E-state index is 11.6. The van der Waals surface area contributed by atoms with Gasteiger partial charge in [-0.05, 0) is 27.2 Å². The van der Waals surface area contributed by atoms with Crippen molar-refractivity contribution in [3.8, 4) is 0 Å². The molecule has 1 atom stereocenters. The van der Waals surface area contributed by atoms with Gasteiger partial charge in [0.1, 0.15) is 18.2 Å². The molecule has 104 valence electrons. The highest BCUT2D eigenvalue weighted by Crippen LogP contribution is 2.08. The van der Waals surface area contributed by atoms with Crippen LogP contribution in [0.25, 0.3) is 0 Å². The second-order valence-electron chi connectivity index (χ2n) is 4.60. The van der Waals surface area contributed by atoms with E-state index in [0.717, 1.165) is 4.43 Å². The Morgan fingerprint density at radius 2 is 2.06 bits per heavy atom. The van der Waals surface area contributed by atoms with Crippen molar-refractivity contribution < 1.29 is 19.1 Å². The normalized spacial score (nSPS) is 12.4. The van der Waals surface area contributed by atoms with Gasteiger partial charge in [0.25, 0.3) is 0 Å². The first kappa shape index (κ1) is 17.2. The highest BCUT2D eigenvalue weighted by atomic mass is 127. The van der Waals surface area contributed by atoms with Gasteiger partial charge in [-0.3, -0.25) is 0 Å². The number of hydrogen-bond acceptors (Lipinski definition) is 4. The van der Waals surface area contributed by atoms with Crippen molar-refractivity contribution in [3.05, 3.63) is 12.7 Å². The number of halogens is 1. The average Bonchev–Trinajstić information content (AvgIpc) is 2.22. The van der Waals surface area contributed by atoms with Crippen LogP contribution in [0.2, 0.25) is 0 Å². The van der Waals surface area contributed by atoms with Crippen LogP contribution >= 0.6 is 22.6 Å². The number of hydrogen-bond donors (Lipinski definition) is 1. The van der Waals surface area contributed by atoms with E-state index in [1.54, 1.807) is 20.8 Å². The number of carbonyl (C=O) groups excluding carboxylic acids is 2. The van der Waals surface area contributed by atoms with Gasteiger partial charge in [0.2, 0.25) is 0 Å². The molecule has 0 rings (SSSR count). The van der Waals surface area contributed by atoms with Crippen LogP contribution in [0.5, 0.6) is 0 Å². The molecule has 18 heavy (non-hydrogen) atoms. The van der Waals surface area contributed by atoms with Crippen molar-refractivity contribution in [2.75, 3.05) is 11.0 Å². The van der Waals surface area contributed by atoms with Crippen LogP contribution in [0, 0.1) is 0 Å². The number of nitrogens with one attached hydrogen (secondary N) is 1. The van der Waals surface area contributed by atoms with Crippen molar-refractivity contribution in [2.24, 2.45) is 0 Å². The molecule has 0 aromatic carbocycles. The summed E-state index contributed by atoms with van der Waals surface area (Å²) >= 11 is 2.13. The molecule has 0 spiro atoms. The minimum atomic E-state index is -0.684. The Morgan fingerprint density at radius 1 is 1.44 bits per heavy atom. The molecule has 0 aromatic rings. The molecular weight excluding hydrogens is 349 g/mol. The summed E-state index contributed by atoms with van der Waals surface area (Å²) in [6.45, 7) is 8.87. The molecule has 0 saturated heterocycles. The number of ether oxygens (including phenoxy) is 2. The van der Waals surface area contributed by atoms with Crippen LogP contribution in [0.1, 0.15) is 27.2 Å². The fraction of sp³-hybridized carbons (Fsp3) is 0.667. The van der Waals surface area contributed by atoms with Gasteiger partial charge in [-0.15, -0.1) is 0 Å². The van der Waals surface area contributed by atoms with Gasteiger partial charge in [-0.2, -0.15) is 0 Å². The second-order valence-corrected chi connectivity index (χ2v) is 5.67. The SMILES string of the molecule is C=CCOC(=O)[C@H](CCI)NC(=O)OC(C)(C)C. The minimum Gasteiger partial charge on any atom is -0.460 e. The van der Waals surface area contributed by atoms with E-state index < -0.39 is 23.7 Å². The molecule has 0 aliphatic carbocycles. The van der Waals surface area contributed by atoms with E-state index in [9.17, 15) is 9.59 Å². The zero-order chi connectivity index (χ0) is 14.2. The van der Waals surface area contributed by atoms with Crippen LogP contribution in [-0.2, 0) is 14.3 Å². The molecule has 1 N–H and O–H groups in total. The third kappa shape index (κ3) is 8.32. The van der Waals surface area contributed by atoms with Crippen LogP contribution in [0.3, 0.4) is 0 Å². The Bertz CT molecular complexity index is 299. The Labute approximate surface area is 121 Å². The number of alkyl carbamates (subject to hydrolysis) is 1. The van der Waals surface area contributed by atoms with Gasteiger partial charge in [0, 0.05) is 4.43 Å². The number of alkyl halides is 1. The maximum atomic E-state index is 11.6. The van der Waals surface area contributed by atoms with Gasteiger partial charge in [-0.1, -0.05) is 35.2 Å². The molecule has 0 saturated carbocycles. The first-order chi connectivity index (χ1) is 8.30. The fourth-order valence-electron chi connectivity index (χ4n) is 1.05. The van der Waals surface area contributed by atoms with Gasteiger partial charge in [-0.25, -0.2) is 9.59 Å². The van der Waals surface area contributed by atoms with Crippen molar-refractivity contribution in [3.63, 3.8) is 0 Å². The van der Waals surface area contributed by atoms with Crippen LogP contribution in [-0.4, -0.2) is 34.7 Å². The number of amides is 1. The first-order valence-electron chi connectivity index (χ1n) is 5.63. The van der Waals surface area contributed by atoms with Crippen LogP contribution in [0.15, 0.2) is 12.7 Å². The monoisotopic (exact) mass is 369 g/mol. The Kier molecular flexibility index (Phi) is 7.97. The Morgan fingerprint density at radius 3 is 2.50 bits per heavy atom. The molecule has 1 amide bonds. The quantitative estimate of drug-likeness (QED) is 0.338. The zero-order valence-electron chi connectivity index (χ0n) is 11.0. The van der Waals surface area contributed by atoms with Crippen molar-refractivity contribution >= 4 is 34.7 Å². The van der Waals surface area contributed by atoms with E-state index in [4.69, 9.17) is 9.47 Å². The van der Waals surface area contributed by atoms with Crippen molar-refractivity contribution in [1.82, 2.24) is 5.32 Å². The molecule has 0 aliphatic heterocycles. The van der Waals surface area contributed by atoms with E-state index >= 15 is 0 Å². The van der Waals surface area contributed by atoms with Gasteiger partial charge < -0.3 is 14.8 Å². The lowest BCUT2D eigenvalue weighted by Crippen LogP contribution is -2.44. The third-order valence-corrected chi connectivity index (χ3v) is 2.34. The summed E-state index contributed by atoms with van der Waals surface area (Å²) in [5.74, 6) is -0.475. The van der Waals surface area contributed by atoms with E-state index in [1.165, 1.54) is 6.08 Å². The number of esters is 1. The third-order valence-electron chi connectivity index (χ3n) is 1.72. The number of carbonyl (C=O) groups is 2. The molecule has 0 heterocycles. The van der Waals surface area contributed by atoms with Crippen LogP contribution in [0.4, 0.5) is 4.79 Å². The minimum absolute atomic E-state index is 0.132. The summed E-state index contributed by atoms with van der Waals surface area (Å²) in [7, 11) is 0. The maximum Gasteiger partial charge on any atom is 0.408 e. The number of rotatable bonds is 6. The molecule has 0 radical (unpaired) electrons. The highest BCUT2D eigenvalue weighted by molar-refractivity contribution is 14.1. The second kappa shape index (κ2) is 8.34. The first-order valence-corrected chi connectivity index (χ1v) is 7.15. The van der Waals surface area contributed by atoms with Gasteiger partial charge in [0.15, 0.2) is 0 Å². The van der Waals surface area contributed by atoms with E-state index in [0.29, 0.717) is 6.42 Å². The fourth-order valence-corrected chi connectivity index (χ4v) is 1.67. The molecule has 0 bridgehead atoms. The summed E-state index contributed by atoms with van der Waals surface area (Å²) in [6.07, 6.45) is 1.36. The summed E-state index contributed by atoms with van der Waals surface area (Å²) < 4.78 is 10.7. The van der Waals surface area contributed by atoms with Crippen molar-refractivity contribution in [2.45, 2.75) is 38.8 Å². The standard InChI is InChI=1S/C12H20INO4/c1-5-8-17-10(15)9(6-7-13)14-11(16)18-12(2,3)4/h5,9H,1,6-8H2,2-4H3,(H,14,16)/t9-/m0/s1. The molecule has 0 aliphatic rings. The summed E-state index contributed by atoms with van der Waals surface area (Å²) in [4.78, 5) is 23.2. The largest absolute Gasteiger partial charge is 0.460 e. The average molecular weight is 369 g/mol. The molecular formula is C12H20INO4. The predicted molar refractivity (Wildman–Crippen MR) is 77.8 cm³/mol. The lowest BCUT2D eigenvalue weighted by Gasteiger charge is -2.22. The van der Waals surface area contributed by atoms with E-state index in [-0.39, 0.29) is 6.61 Å². The topological polar surface area (TPSA) is 64.6 Å². The molecule has 6 heteroatoms. The van der Waals surface area contributed by atoms with E-state index in [1.807, 2.05) is 0 Å². The Balaban J connectivity index is 4.38. The molecule has 5 nitrogen and oxygen atoms in total. The predicted octanol–water partition coefficient (Wildman–Crippen LogP) is 2.43. The zero-order valence-corrected chi connectivity index (χ0v) is 13.2. The van der Waals surface area contributed by atoms with Crippen molar-refractivity contribution in [1.29, 1.82) is 0 Å². The molecule has 0 aromatic heterocycles. The van der Waals surface area contributed by atoms with Gasteiger partial charge in [0.05, 0.1) is 0 Å². The summed E-state index contributed by atoms with van der Waals surface area (Å²) in [5, 5.41) is 2.51. The van der Waals surface area contributed by atoms with Crippen LogP contribution < -0.4 is 5.32 Å². The molecule has 0 unspecified atom stereocenters. The lowest BCUT2D eigenvalue weighted by atomic mass is 10.2. The summed E-state index contributed by atoms with van der Waals surface area (Å²) in [5.41, 5.74) is -0.593. The lowest BCUT2D eigenvalue weighted by molar-refractivity contribution is -0.144. The highest BCUT2D eigenvalue weighted by Gasteiger charge is 2.24. The van der Waals surface area contributed by atoms with Gasteiger partial charge >= 0.3 is 12.1 Å².